The van der Waals surface area contributed by atoms with Gasteiger partial charge in [-0.1, -0.05) is 29.8 Å². The molecule has 0 saturated carbocycles. The summed E-state index contributed by atoms with van der Waals surface area (Å²) in [6, 6.07) is 16.9. The third-order valence-electron chi connectivity index (χ3n) is 6.47. The Kier molecular flexibility index (Phi) is 6.11. The van der Waals surface area contributed by atoms with E-state index in [1.54, 1.807) is 6.20 Å². The molecule has 0 spiro atoms. The molecule has 34 heavy (non-hydrogen) atoms. The van der Waals surface area contributed by atoms with Crippen molar-refractivity contribution in [2.45, 2.75) is 0 Å². The fourth-order valence-electron chi connectivity index (χ4n) is 4.45. The third kappa shape index (κ3) is 4.19. The summed E-state index contributed by atoms with van der Waals surface area (Å²) in [5.41, 5.74) is 7.30. The molecule has 0 fully saturated rings. The molecule has 0 unspecified atom stereocenters. The van der Waals surface area contributed by atoms with Crippen LogP contribution in [0.4, 0.5) is 11.4 Å². The van der Waals surface area contributed by atoms with Gasteiger partial charge in [-0.2, -0.15) is 0 Å². The number of hydrogen-bond donors (Lipinski definition) is 1. The molecule has 176 valence electrons. The molecule has 1 aliphatic rings. The maximum absolute atomic E-state index is 6.71. The molecule has 3 heterocycles. The molecule has 0 bridgehead atoms. The number of nitrogens with one attached hydrogen (secondary N) is 1. The predicted octanol–water partition coefficient (Wildman–Crippen LogP) is 5.38. The van der Waals surface area contributed by atoms with E-state index in [0.717, 1.165) is 64.5 Å². The minimum absolute atomic E-state index is 0.685. The van der Waals surface area contributed by atoms with Gasteiger partial charge in [-0.05, 0) is 55.6 Å². The van der Waals surface area contributed by atoms with Crippen molar-refractivity contribution >= 4 is 34.0 Å². The zero-order valence-corrected chi connectivity index (χ0v) is 20.9. The number of halogens is 1. The second-order valence-corrected chi connectivity index (χ2v) is 9.52. The summed E-state index contributed by atoms with van der Waals surface area (Å²) in [6.45, 7) is 3.54. The monoisotopic (exact) mass is 475 g/mol. The van der Waals surface area contributed by atoms with Crippen molar-refractivity contribution in [1.29, 1.82) is 0 Å². The Labute approximate surface area is 205 Å². The Morgan fingerprint density at radius 3 is 2.56 bits per heavy atom. The highest BCUT2D eigenvalue weighted by Crippen LogP contribution is 2.43. The van der Waals surface area contributed by atoms with Gasteiger partial charge >= 0.3 is 0 Å². The minimum atomic E-state index is 0.685. The van der Waals surface area contributed by atoms with Crippen LogP contribution in [0.3, 0.4) is 0 Å². The van der Waals surface area contributed by atoms with Crippen molar-refractivity contribution in [3.05, 3.63) is 59.8 Å². The van der Waals surface area contributed by atoms with Gasteiger partial charge in [-0.3, -0.25) is 0 Å². The van der Waals surface area contributed by atoms with Crippen LogP contribution >= 0.6 is 11.6 Å². The summed E-state index contributed by atoms with van der Waals surface area (Å²) in [5.74, 6) is 0.910. The molecule has 6 nitrogen and oxygen atoms in total. The molecule has 0 aliphatic carbocycles. The van der Waals surface area contributed by atoms with Crippen LogP contribution in [0, 0.1) is 0 Å². The zero-order chi connectivity index (χ0) is 23.8. The number of anilines is 2. The predicted molar refractivity (Wildman–Crippen MR) is 143 cm³/mol. The highest BCUT2D eigenvalue weighted by molar-refractivity contribution is 6.36. The number of likely N-dealkylation sites (N-methyl/N-ethyl adjacent to an activating group) is 3. The average molecular weight is 476 g/mol. The number of aromatic amines is 1. The van der Waals surface area contributed by atoms with Gasteiger partial charge in [0, 0.05) is 50.0 Å². The van der Waals surface area contributed by atoms with E-state index in [0.29, 0.717) is 11.6 Å². The summed E-state index contributed by atoms with van der Waals surface area (Å²) in [6.07, 6.45) is 1.74. The Bertz CT molecular complexity index is 1310. The lowest BCUT2D eigenvalue weighted by Gasteiger charge is -2.28. The van der Waals surface area contributed by atoms with Crippen LogP contribution < -0.4 is 14.5 Å². The lowest BCUT2D eigenvalue weighted by molar-refractivity contribution is 0.311. The number of fused-ring (bicyclic) bond motifs is 2. The second kappa shape index (κ2) is 9.20. The van der Waals surface area contributed by atoms with Crippen LogP contribution in [0.15, 0.2) is 54.7 Å². The molecular formula is C27H30ClN5O. The SMILES string of the molecule is CN(C)CCN(C)c1ccc(-c2[nH]c3nccc(Cl)c3c2-c2ccc3c(c2)N(C)CCO3)cc1. The molecule has 2 aromatic heterocycles. The summed E-state index contributed by atoms with van der Waals surface area (Å²) in [7, 11) is 8.42. The van der Waals surface area contributed by atoms with Gasteiger partial charge in [0.15, 0.2) is 0 Å². The number of benzene rings is 2. The maximum atomic E-state index is 6.71. The molecule has 0 atom stereocenters. The van der Waals surface area contributed by atoms with Crippen molar-refractivity contribution in [3.8, 4) is 28.1 Å². The van der Waals surface area contributed by atoms with E-state index in [1.807, 2.05) is 6.07 Å². The van der Waals surface area contributed by atoms with Crippen molar-refractivity contribution in [3.63, 3.8) is 0 Å². The first-order valence-electron chi connectivity index (χ1n) is 11.5. The molecule has 1 N–H and O–H groups in total. The molecule has 4 aromatic rings. The number of hydrogen-bond acceptors (Lipinski definition) is 5. The smallest absolute Gasteiger partial charge is 0.142 e. The van der Waals surface area contributed by atoms with Gasteiger partial charge in [0.05, 0.1) is 22.9 Å². The summed E-state index contributed by atoms with van der Waals surface area (Å²) in [5, 5.41) is 1.62. The second-order valence-electron chi connectivity index (χ2n) is 9.12. The fraction of sp³-hybridized carbons (Fsp3) is 0.296. The number of H-pyrrole nitrogens is 1. The van der Waals surface area contributed by atoms with Crippen molar-refractivity contribution in [1.82, 2.24) is 14.9 Å². The highest BCUT2D eigenvalue weighted by Gasteiger charge is 2.21. The lowest BCUT2D eigenvalue weighted by atomic mass is 9.97. The Balaban J connectivity index is 1.60. The molecule has 0 amide bonds. The molecule has 7 heteroatoms. The van der Waals surface area contributed by atoms with Gasteiger partial charge in [0.25, 0.3) is 0 Å². The van der Waals surface area contributed by atoms with Gasteiger partial charge in [-0.25, -0.2) is 4.98 Å². The van der Waals surface area contributed by atoms with Crippen molar-refractivity contribution in [2.75, 3.05) is 64.2 Å². The van der Waals surface area contributed by atoms with Crippen LogP contribution in [0.25, 0.3) is 33.4 Å². The number of nitrogens with zero attached hydrogens (tertiary/aromatic N) is 4. The fourth-order valence-corrected chi connectivity index (χ4v) is 4.69. The summed E-state index contributed by atoms with van der Waals surface area (Å²) in [4.78, 5) is 14.8. The maximum Gasteiger partial charge on any atom is 0.142 e. The lowest BCUT2D eigenvalue weighted by Crippen LogP contribution is -2.28. The topological polar surface area (TPSA) is 47.6 Å². The van der Waals surface area contributed by atoms with E-state index in [9.17, 15) is 0 Å². The first-order valence-corrected chi connectivity index (χ1v) is 11.9. The molecule has 2 aromatic carbocycles. The Morgan fingerprint density at radius 1 is 1.03 bits per heavy atom. The van der Waals surface area contributed by atoms with Gasteiger partial charge in [0.1, 0.15) is 18.0 Å². The van der Waals surface area contributed by atoms with E-state index >= 15 is 0 Å². The molecule has 0 radical (unpaired) electrons. The molecule has 0 saturated heterocycles. The number of aromatic nitrogens is 2. The highest BCUT2D eigenvalue weighted by atomic mass is 35.5. The largest absolute Gasteiger partial charge is 0.490 e. The third-order valence-corrected chi connectivity index (χ3v) is 6.78. The van der Waals surface area contributed by atoms with Crippen molar-refractivity contribution in [2.24, 2.45) is 0 Å². The van der Waals surface area contributed by atoms with E-state index in [1.165, 1.54) is 5.69 Å². The quantitative estimate of drug-likeness (QED) is 0.406. The Hall–Kier alpha value is -3.22. The molecule has 5 rings (SSSR count). The molecular weight excluding hydrogens is 446 g/mol. The van der Waals surface area contributed by atoms with Crippen LogP contribution in [-0.4, -0.2) is 69.3 Å². The molecule has 1 aliphatic heterocycles. The van der Waals surface area contributed by atoms with Crippen LogP contribution in [0.2, 0.25) is 5.02 Å². The summed E-state index contributed by atoms with van der Waals surface area (Å²) < 4.78 is 5.87. The van der Waals surface area contributed by atoms with E-state index < -0.39 is 0 Å². The number of pyridine rings is 1. The number of ether oxygens (including phenoxy) is 1. The minimum Gasteiger partial charge on any atom is -0.490 e. The van der Waals surface area contributed by atoms with E-state index in [4.69, 9.17) is 16.3 Å². The Morgan fingerprint density at radius 2 is 1.79 bits per heavy atom. The zero-order valence-electron chi connectivity index (χ0n) is 20.1. The van der Waals surface area contributed by atoms with Crippen molar-refractivity contribution < 1.29 is 4.74 Å². The van der Waals surface area contributed by atoms with Crippen LogP contribution in [-0.2, 0) is 0 Å². The first-order chi connectivity index (χ1) is 16.4. The number of rotatable bonds is 6. The van der Waals surface area contributed by atoms with Gasteiger partial charge in [0.2, 0.25) is 0 Å². The van der Waals surface area contributed by atoms with Gasteiger partial charge < -0.3 is 24.4 Å². The van der Waals surface area contributed by atoms with Gasteiger partial charge in [-0.15, -0.1) is 0 Å². The normalized spacial score (nSPS) is 13.3. The van der Waals surface area contributed by atoms with Crippen LogP contribution in [0.5, 0.6) is 5.75 Å². The van der Waals surface area contributed by atoms with Crippen LogP contribution in [0.1, 0.15) is 0 Å². The van der Waals surface area contributed by atoms with E-state index in [2.05, 4.69) is 95.3 Å². The summed E-state index contributed by atoms with van der Waals surface area (Å²) >= 11 is 6.71. The standard InChI is InChI=1S/C27H30ClN5O/c1-31(2)13-14-32(3)20-8-5-18(6-9-20)26-24(25-21(28)11-12-29-27(25)30-26)19-7-10-23-22(17-19)33(4)15-16-34-23/h5-12,17H,13-16H2,1-4H3,(H,29,30). The average Bonchev–Trinajstić information content (AvgIpc) is 3.24. The first kappa shape index (κ1) is 22.6. The van der Waals surface area contributed by atoms with E-state index in [-0.39, 0.29) is 0 Å².